The molecule has 0 aliphatic rings. The van der Waals surface area contributed by atoms with Crippen LogP contribution in [0.5, 0.6) is 0 Å². The Morgan fingerprint density at radius 1 is 1.38 bits per heavy atom. The highest BCUT2D eigenvalue weighted by atomic mass is 16.3. The van der Waals surface area contributed by atoms with Crippen molar-refractivity contribution in [3.63, 3.8) is 0 Å². The Kier molecular flexibility index (Phi) is 5.28. The van der Waals surface area contributed by atoms with Crippen LogP contribution in [0.4, 0.5) is 0 Å². The maximum absolute atomic E-state index is 9.03. The van der Waals surface area contributed by atoms with Crippen molar-refractivity contribution in [3.8, 4) is 0 Å². The molecule has 0 aliphatic carbocycles. The number of hydrogen-bond donors (Lipinski definition) is 2. The summed E-state index contributed by atoms with van der Waals surface area (Å²) in [4.78, 5) is 0. The Morgan fingerprint density at radius 3 is 2.31 bits per heavy atom. The fourth-order valence-corrected chi connectivity index (χ4v) is 0.895. The average Bonchev–Trinajstić information content (AvgIpc) is 2.10. The molecule has 2 nitrogen and oxygen atoms in total. The van der Waals surface area contributed by atoms with Gasteiger partial charge in [0.05, 0.1) is 5.76 Å². The number of allylic oxidation sites excluding steroid dienone is 7. The third kappa shape index (κ3) is 4.11. The minimum atomic E-state index is 0.183. The van der Waals surface area contributed by atoms with Gasteiger partial charge in [0.15, 0.2) is 0 Å². The summed E-state index contributed by atoms with van der Waals surface area (Å²) in [6, 6.07) is 0. The second kappa shape index (κ2) is 6.00. The molecule has 0 spiro atoms. The summed E-state index contributed by atoms with van der Waals surface area (Å²) in [5.74, 6) is 0.183. The van der Waals surface area contributed by atoms with Crippen LogP contribution in [0.3, 0.4) is 0 Å². The summed E-state index contributed by atoms with van der Waals surface area (Å²) >= 11 is 0. The summed E-state index contributed by atoms with van der Waals surface area (Å²) in [5.41, 5.74) is 1.47. The Balaban J connectivity index is 5.17. The third-order valence-electron chi connectivity index (χ3n) is 1.42. The van der Waals surface area contributed by atoms with Crippen LogP contribution >= 0.6 is 0 Å². The van der Waals surface area contributed by atoms with Crippen LogP contribution in [-0.2, 0) is 0 Å². The van der Waals surface area contributed by atoms with E-state index in [2.05, 4.69) is 6.58 Å². The van der Waals surface area contributed by atoms with Crippen molar-refractivity contribution in [2.45, 2.75) is 13.8 Å². The molecule has 0 aliphatic heterocycles. The minimum absolute atomic E-state index is 0.183. The fraction of sp³-hybridized carbons (Fsp3) is 0.182. The van der Waals surface area contributed by atoms with Crippen molar-refractivity contribution in [2.24, 2.45) is 0 Å². The molecular formula is C11H15NO. The predicted molar refractivity (Wildman–Crippen MR) is 57.2 cm³/mol. The van der Waals surface area contributed by atoms with Gasteiger partial charge in [-0.05, 0) is 25.5 Å². The summed E-state index contributed by atoms with van der Waals surface area (Å²) in [7, 11) is 0. The maximum Gasteiger partial charge on any atom is 0.0898 e. The van der Waals surface area contributed by atoms with Gasteiger partial charge < -0.3 is 10.5 Å². The van der Waals surface area contributed by atoms with E-state index in [1.54, 1.807) is 13.0 Å². The van der Waals surface area contributed by atoms with Gasteiger partial charge in [-0.1, -0.05) is 24.8 Å². The molecule has 2 heteroatoms. The van der Waals surface area contributed by atoms with Crippen molar-refractivity contribution in [2.75, 3.05) is 0 Å². The van der Waals surface area contributed by atoms with Gasteiger partial charge in [0.2, 0.25) is 0 Å². The van der Waals surface area contributed by atoms with E-state index in [4.69, 9.17) is 10.5 Å². The normalized spacial score (nSPS) is 14.2. The molecular weight excluding hydrogens is 162 g/mol. The van der Waals surface area contributed by atoms with E-state index < -0.39 is 0 Å². The quantitative estimate of drug-likeness (QED) is 0.386. The van der Waals surface area contributed by atoms with E-state index in [0.717, 1.165) is 5.57 Å². The molecule has 0 fully saturated rings. The first-order chi connectivity index (χ1) is 6.15. The van der Waals surface area contributed by atoms with Crippen molar-refractivity contribution in [1.29, 1.82) is 5.41 Å². The second-order valence-electron chi connectivity index (χ2n) is 2.54. The summed E-state index contributed by atoms with van der Waals surface area (Å²) in [6.45, 7) is 7.09. The van der Waals surface area contributed by atoms with Crippen LogP contribution < -0.4 is 0 Å². The molecule has 0 unspecified atom stereocenters. The van der Waals surface area contributed by atoms with Crippen molar-refractivity contribution < 1.29 is 5.11 Å². The first kappa shape index (κ1) is 11.4. The van der Waals surface area contributed by atoms with E-state index >= 15 is 0 Å². The van der Waals surface area contributed by atoms with Gasteiger partial charge in [-0.25, -0.2) is 0 Å². The molecule has 0 bridgehead atoms. The van der Waals surface area contributed by atoms with Crippen LogP contribution in [0, 0.1) is 5.41 Å². The molecule has 0 heterocycles. The second-order valence-corrected chi connectivity index (χ2v) is 2.54. The topological polar surface area (TPSA) is 44.1 Å². The molecule has 0 atom stereocenters. The highest BCUT2D eigenvalue weighted by molar-refractivity contribution is 5.83. The van der Waals surface area contributed by atoms with Gasteiger partial charge in [0.25, 0.3) is 0 Å². The standard InChI is InChI=1S/C11H15NO/c1-4-6-10(5-2)11(8-12)7-9(3)13/h4-8,12-13H,2H2,1,3H3/b6-4-,9-7+,11-10-,12-8?. The molecule has 0 rings (SSSR count). The van der Waals surface area contributed by atoms with Crippen LogP contribution in [0.25, 0.3) is 0 Å². The Morgan fingerprint density at radius 2 is 2.00 bits per heavy atom. The lowest BCUT2D eigenvalue weighted by Crippen LogP contribution is -1.86. The van der Waals surface area contributed by atoms with Gasteiger partial charge in [-0.3, -0.25) is 0 Å². The van der Waals surface area contributed by atoms with Gasteiger partial charge in [0.1, 0.15) is 0 Å². The average molecular weight is 177 g/mol. The third-order valence-corrected chi connectivity index (χ3v) is 1.42. The zero-order valence-electron chi connectivity index (χ0n) is 8.04. The Hall–Kier alpha value is -1.57. The maximum atomic E-state index is 9.03. The van der Waals surface area contributed by atoms with E-state index in [9.17, 15) is 0 Å². The van der Waals surface area contributed by atoms with Crippen LogP contribution in [0.2, 0.25) is 0 Å². The van der Waals surface area contributed by atoms with Gasteiger partial charge in [0, 0.05) is 11.8 Å². The first-order valence-electron chi connectivity index (χ1n) is 4.02. The highest BCUT2D eigenvalue weighted by Crippen LogP contribution is 2.08. The number of aliphatic hydroxyl groups excluding tert-OH is 1. The van der Waals surface area contributed by atoms with Gasteiger partial charge >= 0.3 is 0 Å². The highest BCUT2D eigenvalue weighted by Gasteiger charge is 1.94. The number of rotatable bonds is 4. The molecule has 0 saturated carbocycles. The van der Waals surface area contributed by atoms with E-state index in [1.165, 1.54) is 12.3 Å². The van der Waals surface area contributed by atoms with Crippen LogP contribution in [0.1, 0.15) is 13.8 Å². The molecule has 0 radical (unpaired) electrons. The van der Waals surface area contributed by atoms with Crippen molar-refractivity contribution >= 4 is 6.21 Å². The van der Waals surface area contributed by atoms with Gasteiger partial charge in [-0.15, -0.1) is 0 Å². The molecule has 70 valence electrons. The first-order valence-corrected chi connectivity index (χ1v) is 4.02. The Bertz CT molecular complexity index is 278. The number of nitrogens with one attached hydrogen (secondary N) is 1. The summed E-state index contributed by atoms with van der Waals surface area (Å²) in [5, 5.41) is 16.2. The monoisotopic (exact) mass is 177 g/mol. The van der Waals surface area contributed by atoms with E-state index in [-0.39, 0.29) is 5.76 Å². The fourth-order valence-electron chi connectivity index (χ4n) is 0.895. The molecule has 0 amide bonds. The molecule has 2 N–H and O–H groups in total. The molecule has 0 aromatic rings. The van der Waals surface area contributed by atoms with Crippen molar-refractivity contribution in [3.05, 3.63) is 47.8 Å². The zero-order valence-corrected chi connectivity index (χ0v) is 8.04. The van der Waals surface area contributed by atoms with Gasteiger partial charge in [-0.2, -0.15) is 0 Å². The molecule has 0 aromatic heterocycles. The van der Waals surface area contributed by atoms with E-state index in [0.29, 0.717) is 5.57 Å². The summed E-state index contributed by atoms with van der Waals surface area (Å²) < 4.78 is 0. The lowest BCUT2D eigenvalue weighted by atomic mass is 10.1. The van der Waals surface area contributed by atoms with Crippen LogP contribution in [0.15, 0.2) is 47.8 Å². The molecule has 13 heavy (non-hydrogen) atoms. The molecule has 0 aromatic carbocycles. The smallest absolute Gasteiger partial charge is 0.0898 e. The van der Waals surface area contributed by atoms with Crippen molar-refractivity contribution in [1.82, 2.24) is 0 Å². The predicted octanol–water partition coefficient (Wildman–Crippen LogP) is 3.16. The summed E-state index contributed by atoms with van der Waals surface area (Å²) in [6.07, 6.45) is 8.08. The Labute approximate surface area is 79.1 Å². The minimum Gasteiger partial charge on any atom is -0.513 e. The lowest BCUT2D eigenvalue weighted by molar-refractivity contribution is 0.414. The largest absolute Gasteiger partial charge is 0.513 e. The number of hydrogen-bond acceptors (Lipinski definition) is 2. The van der Waals surface area contributed by atoms with Crippen LogP contribution in [-0.4, -0.2) is 11.3 Å². The van der Waals surface area contributed by atoms with E-state index in [1.807, 2.05) is 19.1 Å². The lowest BCUT2D eigenvalue weighted by Gasteiger charge is -1.98. The number of aliphatic hydroxyl groups is 1. The molecule has 0 saturated heterocycles. The SMILES string of the molecule is C=CC(/C=C\C)=C(C=N)\C=C(/C)O. The zero-order chi connectivity index (χ0) is 10.3.